The third kappa shape index (κ3) is 3.25. The van der Waals surface area contributed by atoms with E-state index in [1.54, 1.807) is 0 Å². The summed E-state index contributed by atoms with van der Waals surface area (Å²) in [7, 11) is 1.91. The van der Waals surface area contributed by atoms with Gasteiger partial charge in [-0.15, -0.1) is 0 Å². The molecular weight excluding hydrogens is 406 g/mol. The number of aromatic nitrogens is 2. The van der Waals surface area contributed by atoms with Crippen molar-refractivity contribution in [1.29, 1.82) is 0 Å². The molecule has 5 aromatic rings. The molecule has 0 N–H and O–H groups in total. The van der Waals surface area contributed by atoms with Crippen LogP contribution in [0.25, 0.3) is 44.5 Å². The highest BCUT2D eigenvalue weighted by Gasteiger charge is 2.22. The quantitative estimate of drug-likeness (QED) is 0.294. The van der Waals surface area contributed by atoms with Gasteiger partial charge in [0.2, 0.25) is 11.4 Å². The van der Waals surface area contributed by atoms with Crippen molar-refractivity contribution in [2.45, 2.75) is 26.7 Å². The average molecular weight is 429 g/mol. The maximum Gasteiger partial charge on any atom is 0.227 e. The maximum atomic E-state index is 14.3. The third-order valence-corrected chi connectivity index (χ3v) is 5.96. The van der Waals surface area contributed by atoms with Gasteiger partial charge in [-0.25, -0.2) is 18.3 Å². The van der Waals surface area contributed by atoms with Crippen LogP contribution in [-0.2, 0) is 7.05 Å². The summed E-state index contributed by atoms with van der Waals surface area (Å²) < 4.78 is 35.8. The van der Waals surface area contributed by atoms with Gasteiger partial charge in [0.1, 0.15) is 18.7 Å². The van der Waals surface area contributed by atoms with Crippen LogP contribution in [-0.4, -0.2) is 4.98 Å². The molecule has 3 heterocycles. The first-order valence-electron chi connectivity index (χ1n) is 10.6. The van der Waals surface area contributed by atoms with Gasteiger partial charge in [0.25, 0.3) is 0 Å². The van der Waals surface area contributed by atoms with Crippen LogP contribution in [0.2, 0.25) is 0 Å². The van der Waals surface area contributed by atoms with Crippen molar-refractivity contribution in [3.8, 4) is 22.4 Å². The lowest BCUT2D eigenvalue weighted by Crippen LogP contribution is -2.31. The molecule has 0 atom stereocenters. The Bertz CT molecular complexity index is 1500. The molecule has 3 aromatic heterocycles. The Labute approximate surface area is 185 Å². The van der Waals surface area contributed by atoms with Gasteiger partial charge >= 0.3 is 0 Å². The lowest BCUT2D eigenvalue weighted by Gasteiger charge is -2.08. The van der Waals surface area contributed by atoms with E-state index in [2.05, 4.69) is 32.0 Å². The number of rotatable bonds is 3. The van der Waals surface area contributed by atoms with Crippen LogP contribution in [0.4, 0.5) is 8.78 Å². The summed E-state index contributed by atoms with van der Waals surface area (Å²) in [5, 5.41) is 2.00. The number of aryl methyl sites for hydroxylation is 2. The van der Waals surface area contributed by atoms with Gasteiger partial charge in [0.05, 0.1) is 5.56 Å². The zero-order chi connectivity index (χ0) is 22.6. The topological polar surface area (TPSA) is 29.9 Å². The van der Waals surface area contributed by atoms with E-state index in [-0.39, 0.29) is 0 Å². The first kappa shape index (κ1) is 20.3. The smallest absolute Gasteiger partial charge is 0.227 e. The van der Waals surface area contributed by atoms with Crippen molar-refractivity contribution in [1.82, 2.24) is 4.98 Å². The van der Waals surface area contributed by atoms with Gasteiger partial charge < -0.3 is 4.42 Å². The Morgan fingerprint density at radius 2 is 1.72 bits per heavy atom. The molecule has 0 aliphatic carbocycles. The number of hydrogen-bond acceptors (Lipinski definition) is 2. The largest absolute Gasteiger partial charge is 0.437 e. The molecule has 0 spiro atoms. The lowest BCUT2D eigenvalue weighted by molar-refractivity contribution is -0.659. The molecule has 3 nitrogen and oxygen atoms in total. The maximum absolute atomic E-state index is 14.3. The molecule has 2 aromatic carbocycles. The summed E-state index contributed by atoms with van der Waals surface area (Å²) in [6.45, 7) is 6.26. The molecule has 0 amide bonds. The number of pyridine rings is 2. The summed E-state index contributed by atoms with van der Waals surface area (Å²) in [6, 6.07) is 15.7. The summed E-state index contributed by atoms with van der Waals surface area (Å²) >= 11 is 0. The second-order valence-electron chi connectivity index (χ2n) is 8.52. The van der Waals surface area contributed by atoms with Gasteiger partial charge in [-0.05, 0) is 48.7 Å². The van der Waals surface area contributed by atoms with Crippen LogP contribution >= 0.6 is 0 Å². The monoisotopic (exact) mass is 429 g/mol. The summed E-state index contributed by atoms with van der Waals surface area (Å²) in [6.07, 6.45) is 1.85. The first-order chi connectivity index (χ1) is 15.3. The van der Waals surface area contributed by atoms with Gasteiger partial charge in [0.15, 0.2) is 11.8 Å². The lowest BCUT2D eigenvalue weighted by atomic mass is 9.99. The molecule has 0 aliphatic heterocycles. The molecule has 0 radical (unpaired) electrons. The molecule has 5 rings (SSSR count). The Kier molecular flexibility index (Phi) is 4.77. The van der Waals surface area contributed by atoms with Crippen molar-refractivity contribution in [2.24, 2.45) is 7.05 Å². The van der Waals surface area contributed by atoms with Crippen molar-refractivity contribution in [3.05, 3.63) is 83.7 Å². The number of hydrogen-bond donors (Lipinski definition) is 0. The molecule has 0 unspecified atom stereocenters. The number of nitrogens with zero attached hydrogens (tertiary/aromatic N) is 2. The molecule has 0 aliphatic rings. The van der Waals surface area contributed by atoms with Crippen LogP contribution in [0.5, 0.6) is 0 Å². The minimum atomic E-state index is -0.589. The fourth-order valence-electron chi connectivity index (χ4n) is 4.22. The highest BCUT2D eigenvalue weighted by Crippen LogP contribution is 2.37. The summed E-state index contributed by atoms with van der Waals surface area (Å²) in [4.78, 5) is 4.72. The van der Waals surface area contributed by atoms with E-state index in [9.17, 15) is 8.78 Å². The van der Waals surface area contributed by atoms with E-state index < -0.39 is 11.6 Å². The van der Waals surface area contributed by atoms with E-state index >= 15 is 0 Å². The predicted molar refractivity (Wildman–Crippen MR) is 122 cm³/mol. The van der Waals surface area contributed by atoms with Gasteiger partial charge in [-0.1, -0.05) is 26.0 Å². The molecule has 0 saturated carbocycles. The summed E-state index contributed by atoms with van der Waals surface area (Å²) in [5.41, 5.74) is 6.41. The second kappa shape index (κ2) is 7.52. The average Bonchev–Trinajstić information content (AvgIpc) is 3.12. The number of benzene rings is 2. The fraction of sp³-hybridized carbons (Fsp3) is 0.185. The Morgan fingerprint density at radius 3 is 2.44 bits per heavy atom. The van der Waals surface area contributed by atoms with E-state index in [1.807, 2.05) is 42.9 Å². The second-order valence-corrected chi connectivity index (χ2v) is 8.52. The van der Waals surface area contributed by atoms with E-state index in [0.29, 0.717) is 22.8 Å². The van der Waals surface area contributed by atoms with E-state index in [4.69, 9.17) is 9.40 Å². The fourth-order valence-corrected chi connectivity index (χ4v) is 4.22. The SMILES string of the molecule is Cc1ccc2c(oc3nc(C(C)C)ccc32)c1-c1ccc(-c2ccc(F)cc2F)c[n+]1C. The van der Waals surface area contributed by atoms with Gasteiger partial charge in [-0.3, -0.25) is 0 Å². The van der Waals surface area contributed by atoms with Crippen molar-refractivity contribution >= 4 is 22.1 Å². The van der Waals surface area contributed by atoms with Crippen LogP contribution in [0, 0.1) is 18.6 Å². The molecule has 5 heteroatoms. The predicted octanol–water partition coefficient (Wildman–Crippen LogP) is 6.85. The van der Waals surface area contributed by atoms with E-state index in [1.165, 1.54) is 12.1 Å². The zero-order valence-electron chi connectivity index (χ0n) is 18.4. The molecular formula is C27H23F2N2O+. The normalized spacial score (nSPS) is 11.7. The number of furan rings is 1. The molecule has 32 heavy (non-hydrogen) atoms. The third-order valence-electron chi connectivity index (χ3n) is 5.96. The van der Waals surface area contributed by atoms with Crippen molar-refractivity contribution in [2.75, 3.05) is 0 Å². The Morgan fingerprint density at radius 1 is 0.938 bits per heavy atom. The first-order valence-corrected chi connectivity index (χ1v) is 10.6. The van der Waals surface area contributed by atoms with Crippen LogP contribution in [0.3, 0.4) is 0 Å². The highest BCUT2D eigenvalue weighted by atomic mass is 19.1. The molecule has 160 valence electrons. The molecule has 0 bridgehead atoms. The van der Waals surface area contributed by atoms with Crippen LogP contribution in [0.1, 0.15) is 31.0 Å². The zero-order valence-corrected chi connectivity index (χ0v) is 18.4. The van der Waals surface area contributed by atoms with E-state index in [0.717, 1.165) is 44.9 Å². The van der Waals surface area contributed by atoms with Gasteiger partial charge in [-0.2, -0.15) is 0 Å². The van der Waals surface area contributed by atoms with Crippen molar-refractivity contribution in [3.63, 3.8) is 0 Å². The summed E-state index contributed by atoms with van der Waals surface area (Å²) in [5.74, 6) is -0.861. The Balaban J connectivity index is 1.70. The number of fused-ring (bicyclic) bond motifs is 3. The highest BCUT2D eigenvalue weighted by molar-refractivity contribution is 6.08. The van der Waals surface area contributed by atoms with Gasteiger partial charge in [0, 0.05) is 39.7 Å². The van der Waals surface area contributed by atoms with Crippen LogP contribution in [0.15, 0.2) is 65.2 Å². The molecule has 0 saturated heterocycles. The Hall–Kier alpha value is -3.60. The molecule has 0 fully saturated rings. The minimum Gasteiger partial charge on any atom is -0.437 e. The standard InChI is InChI=1S/C27H23F2N2O/c1-15(2)23-11-10-21-20-8-5-16(3)25(26(20)32-27(21)30-23)24-12-6-17(14-31(24)4)19-9-7-18(28)13-22(19)29/h5-15H,1-4H3/q+1. The number of halogens is 2. The minimum absolute atomic E-state index is 0.311. The van der Waals surface area contributed by atoms with Crippen LogP contribution < -0.4 is 4.57 Å². The van der Waals surface area contributed by atoms with Crippen molar-refractivity contribution < 1.29 is 17.8 Å².